The molecule has 0 spiro atoms. The van der Waals surface area contributed by atoms with Crippen molar-refractivity contribution in [3.8, 4) is 11.5 Å². The maximum Gasteiger partial charge on any atom is 0.123 e. The molecule has 1 fully saturated rings. The van der Waals surface area contributed by atoms with E-state index in [1.165, 1.54) is 0 Å². The molecule has 4 heteroatoms. The Hall–Kier alpha value is -1.26. The molecule has 118 valence electrons. The summed E-state index contributed by atoms with van der Waals surface area (Å²) >= 11 is 0. The van der Waals surface area contributed by atoms with Gasteiger partial charge in [0.2, 0.25) is 0 Å². The fraction of sp³-hybridized carbons (Fsp3) is 0.647. The molecular weight excluding hydrogens is 266 g/mol. The summed E-state index contributed by atoms with van der Waals surface area (Å²) in [6, 6.07) is 7.66. The number of nitrogens with zero attached hydrogens (tertiary/aromatic N) is 1. The van der Waals surface area contributed by atoms with Gasteiger partial charge in [-0.05, 0) is 25.5 Å². The molecule has 0 unspecified atom stereocenters. The van der Waals surface area contributed by atoms with Gasteiger partial charge in [0, 0.05) is 31.1 Å². The van der Waals surface area contributed by atoms with Crippen molar-refractivity contribution in [1.82, 2.24) is 4.90 Å². The zero-order valence-corrected chi connectivity index (χ0v) is 13.6. The van der Waals surface area contributed by atoms with Gasteiger partial charge in [0.25, 0.3) is 0 Å². The van der Waals surface area contributed by atoms with E-state index in [9.17, 15) is 5.11 Å². The molecule has 0 bridgehead atoms. The first-order chi connectivity index (χ1) is 9.84. The third-order valence-electron chi connectivity index (χ3n) is 4.71. The molecule has 1 N–H and O–H groups in total. The highest BCUT2D eigenvalue weighted by Crippen LogP contribution is 2.37. The van der Waals surface area contributed by atoms with Crippen LogP contribution in [0.4, 0.5) is 0 Å². The van der Waals surface area contributed by atoms with Crippen LogP contribution in [0.1, 0.15) is 27.2 Å². The van der Waals surface area contributed by atoms with Crippen molar-refractivity contribution in [2.75, 3.05) is 33.4 Å². The van der Waals surface area contributed by atoms with Crippen LogP contribution in [0.5, 0.6) is 11.5 Å². The third kappa shape index (κ3) is 3.89. The van der Waals surface area contributed by atoms with E-state index in [1.807, 2.05) is 31.2 Å². The van der Waals surface area contributed by atoms with Gasteiger partial charge in [-0.1, -0.05) is 19.9 Å². The Labute approximate surface area is 127 Å². The Bertz CT molecular complexity index is 471. The number of hydrogen-bond acceptors (Lipinski definition) is 4. The monoisotopic (exact) mass is 293 g/mol. The molecule has 0 amide bonds. The van der Waals surface area contributed by atoms with Gasteiger partial charge in [0.05, 0.1) is 12.7 Å². The molecule has 1 atom stereocenters. The third-order valence-corrected chi connectivity index (χ3v) is 4.71. The molecule has 0 radical (unpaired) electrons. The zero-order chi connectivity index (χ0) is 15.5. The lowest BCUT2D eigenvalue weighted by Crippen LogP contribution is -2.56. The van der Waals surface area contributed by atoms with Crippen LogP contribution < -0.4 is 9.47 Å². The Morgan fingerprint density at radius 1 is 1.24 bits per heavy atom. The van der Waals surface area contributed by atoms with Gasteiger partial charge in [-0.2, -0.15) is 0 Å². The molecular formula is C17H27NO3. The molecule has 0 saturated carbocycles. The van der Waals surface area contributed by atoms with E-state index in [1.54, 1.807) is 7.11 Å². The number of hydrogen-bond donors (Lipinski definition) is 1. The van der Waals surface area contributed by atoms with Gasteiger partial charge in [0.15, 0.2) is 0 Å². The molecule has 1 aliphatic heterocycles. The predicted molar refractivity (Wildman–Crippen MR) is 84.0 cm³/mol. The molecule has 1 aliphatic rings. The lowest BCUT2D eigenvalue weighted by Gasteiger charge is -2.48. The zero-order valence-electron chi connectivity index (χ0n) is 13.6. The molecule has 21 heavy (non-hydrogen) atoms. The van der Waals surface area contributed by atoms with Crippen LogP contribution in [0.25, 0.3) is 0 Å². The minimum absolute atomic E-state index is 0.0960. The van der Waals surface area contributed by atoms with E-state index in [-0.39, 0.29) is 5.41 Å². The summed E-state index contributed by atoms with van der Waals surface area (Å²) in [5.41, 5.74) is -0.682. The summed E-state index contributed by atoms with van der Waals surface area (Å²) in [6.45, 7) is 9.52. The number of likely N-dealkylation sites (tertiary alicyclic amines) is 1. The maximum atomic E-state index is 10.4. The Kier molecular flexibility index (Phi) is 4.79. The average Bonchev–Trinajstić information content (AvgIpc) is 2.43. The van der Waals surface area contributed by atoms with Crippen LogP contribution >= 0.6 is 0 Å². The van der Waals surface area contributed by atoms with Crippen molar-refractivity contribution in [2.45, 2.75) is 32.8 Å². The van der Waals surface area contributed by atoms with Crippen molar-refractivity contribution in [1.29, 1.82) is 0 Å². The van der Waals surface area contributed by atoms with Gasteiger partial charge in [-0.25, -0.2) is 0 Å². The number of benzene rings is 1. The number of aliphatic hydroxyl groups is 1. The van der Waals surface area contributed by atoms with E-state index in [0.717, 1.165) is 37.6 Å². The highest BCUT2D eigenvalue weighted by molar-refractivity contribution is 5.32. The molecule has 0 aliphatic carbocycles. The largest absolute Gasteiger partial charge is 0.497 e. The van der Waals surface area contributed by atoms with Crippen LogP contribution in [0.2, 0.25) is 0 Å². The molecule has 1 heterocycles. The van der Waals surface area contributed by atoms with E-state index in [0.29, 0.717) is 6.61 Å². The second-order valence-corrected chi connectivity index (χ2v) is 6.71. The van der Waals surface area contributed by atoms with E-state index in [4.69, 9.17) is 9.47 Å². The first-order valence-electron chi connectivity index (χ1n) is 7.56. The summed E-state index contributed by atoms with van der Waals surface area (Å²) < 4.78 is 11.0. The van der Waals surface area contributed by atoms with Crippen LogP contribution in [0.3, 0.4) is 0 Å². The first kappa shape index (κ1) is 16.1. The fourth-order valence-corrected chi connectivity index (χ4v) is 2.70. The van der Waals surface area contributed by atoms with Crippen molar-refractivity contribution < 1.29 is 14.6 Å². The fourth-order valence-electron chi connectivity index (χ4n) is 2.70. The summed E-state index contributed by atoms with van der Waals surface area (Å²) in [6.07, 6.45) is 0.805. The number of piperidine rings is 1. The van der Waals surface area contributed by atoms with Crippen LogP contribution in [-0.4, -0.2) is 49.0 Å². The van der Waals surface area contributed by atoms with E-state index < -0.39 is 5.60 Å². The predicted octanol–water partition coefficient (Wildman–Crippen LogP) is 2.56. The van der Waals surface area contributed by atoms with Crippen LogP contribution in [0.15, 0.2) is 24.3 Å². The molecule has 1 aromatic rings. The topological polar surface area (TPSA) is 41.9 Å². The number of rotatable bonds is 5. The van der Waals surface area contributed by atoms with Crippen LogP contribution in [0, 0.1) is 5.41 Å². The Morgan fingerprint density at radius 2 is 1.95 bits per heavy atom. The summed E-state index contributed by atoms with van der Waals surface area (Å²) in [5, 5.41) is 10.4. The first-order valence-corrected chi connectivity index (χ1v) is 7.56. The molecule has 1 aromatic carbocycles. The van der Waals surface area contributed by atoms with Gasteiger partial charge in [-0.3, -0.25) is 4.90 Å². The lowest BCUT2D eigenvalue weighted by atomic mass is 9.71. The molecule has 0 aromatic heterocycles. The number of methoxy groups -OCH3 is 1. The van der Waals surface area contributed by atoms with Gasteiger partial charge in [0.1, 0.15) is 18.1 Å². The van der Waals surface area contributed by atoms with Gasteiger partial charge in [-0.15, -0.1) is 0 Å². The van der Waals surface area contributed by atoms with Crippen molar-refractivity contribution in [3.05, 3.63) is 24.3 Å². The highest BCUT2D eigenvalue weighted by Gasteiger charge is 2.43. The van der Waals surface area contributed by atoms with Crippen LogP contribution in [-0.2, 0) is 0 Å². The second kappa shape index (κ2) is 6.24. The second-order valence-electron chi connectivity index (χ2n) is 6.71. The minimum Gasteiger partial charge on any atom is -0.497 e. The van der Waals surface area contributed by atoms with Gasteiger partial charge >= 0.3 is 0 Å². The molecule has 4 nitrogen and oxygen atoms in total. The Balaban J connectivity index is 1.81. The quantitative estimate of drug-likeness (QED) is 0.906. The summed E-state index contributed by atoms with van der Waals surface area (Å²) in [4.78, 5) is 2.36. The normalized spacial score (nSPS) is 25.6. The van der Waals surface area contributed by atoms with E-state index >= 15 is 0 Å². The number of ether oxygens (including phenoxy) is 2. The molecule has 2 rings (SSSR count). The van der Waals surface area contributed by atoms with Crippen molar-refractivity contribution in [2.24, 2.45) is 5.41 Å². The van der Waals surface area contributed by atoms with Crippen molar-refractivity contribution in [3.63, 3.8) is 0 Å². The summed E-state index contributed by atoms with van der Waals surface area (Å²) in [5.74, 6) is 1.64. The Morgan fingerprint density at radius 3 is 2.62 bits per heavy atom. The highest BCUT2D eigenvalue weighted by atomic mass is 16.5. The van der Waals surface area contributed by atoms with E-state index in [2.05, 4.69) is 18.7 Å². The average molecular weight is 293 g/mol. The molecule has 1 saturated heterocycles. The lowest BCUT2D eigenvalue weighted by molar-refractivity contribution is -0.106. The van der Waals surface area contributed by atoms with Crippen molar-refractivity contribution >= 4 is 0 Å². The SMILES string of the molecule is COc1cccc(OCCN2CC[C@](C)(O)C(C)(C)C2)c1. The summed E-state index contributed by atoms with van der Waals surface area (Å²) in [7, 11) is 1.65. The maximum absolute atomic E-state index is 10.4. The van der Waals surface area contributed by atoms with Gasteiger partial charge < -0.3 is 14.6 Å². The standard InChI is InChI=1S/C17H27NO3/c1-16(2)13-18(9-8-17(16,3)19)10-11-21-15-7-5-6-14(12-15)20-4/h5-7,12,19H,8-11,13H2,1-4H3/t17-/m0/s1. The minimum atomic E-state index is -0.586. The smallest absolute Gasteiger partial charge is 0.123 e.